The molecule has 0 saturated heterocycles. The van der Waals surface area contributed by atoms with E-state index in [1.54, 1.807) is 14.1 Å². The number of aliphatic carboxylic acids is 1. The molecule has 0 unspecified atom stereocenters. The summed E-state index contributed by atoms with van der Waals surface area (Å²) in [6, 6.07) is -0.293. The van der Waals surface area contributed by atoms with Gasteiger partial charge >= 0.3 is 12.0 Å². The third kappa shape index (κ3) is 9.70. The van der Waals surface area contributed by atoms with E-state index in [0.29, 0.717) is 19.0 Å². The van der Waals surface area contributed by atoms with Crippen molar-refractivity contribution in [2.75, 3.05) is 27.2 Å². The van der Waals surface area contributed by atoms with E-state index in [9.17, 15) is 14.4 Å². The van der Waals surface area contributed by atoms with E-state index in [0.717, 1.165) is 6.42 Å². The number of nitrogens with one attached hydrogen (secondary N) is 2. The number of carbonyl (C=O) groups excluding carboxylic acids is 2. The number of hydrogen-bond donors (Lipinski definition) is 3. The Balaban J connectivity index is 4.21. The molecule has 0 aromatic carbocycles. The molecule has 0 fully saturated rings. The number of amides is 3. The van der Waals surface area contributed by atoms with Crippen LogP contribution in [-0.4, -0.2) is 55.1 Å². The molecule has 7 heteroatoms. The first-order valence-corrected chi connectivity index (χ1v) is 7.17. The summed E-state index contributed by atoms with van der Waals surface area (Å²) < 4.78 is 0. The molecule has 0 aliphatic heterocycles. The highest BCUT2D eigenvalue weighted by Crippen LogP contribution is 2.14. The lowest BCUT2D eigenvalue weighted by Gasteiger charge is -2.21. The molecule has 0 aromatic rings. The third-order valence-corrected chi connectivity index (χ3v) is 3.11. The van der Waals surface area contributed by atoms with Crippen molar-refractivity contribution in [3.8, 4) is 0 Å². The topological polar surface area (TPSA) is 98.7 Å². The lowest BCUT2D eigenvalue weighted by atomic mass is 9.94. The normalized spacial score (nSPS) is 11.9. The van der Waals surface area contributed by atoms with Gasteiger partial charge in [-0.3, -0.25) is 9.59 Å². The minimum absolute atomic E-state index is 0.0421. The number of urea groups is 1. The first-order valence-electron chi connectivity index (χ1n) is 7.17. The molecule has 0 aliphatic carbocycles. The molecule has 21 heavy (non-hydrogen) atoms. The van der Waals surface area contributed by atoms with Crippen LogP contribution >= 0.6 is 0 Å². The number of hydrogen-bond acceptors (Lipinski definition) is 3. The van der Waals surface area contributed by atoms with Crippen molar-refractivity contribution in [1.82, 2.24) is 15.5 Å². The Morgan fingerprint density at radius 3 is 2.33 bits per heavy atom. The number of rotatable bonds is 9. The van der Waals surface area contributed by atoms with Crippen molar-refractivity contribution in [2.24, 2.45) is 11.8 Å². The van der Waals surface area contributed by atoms with Crippen LogP contribution in [0.3, 0.4) is 0 Å². The molecule has 0 aliphatic rings. The highest BCUT2D eigenvalue weighted by molar-refractivity contribution is 5.77. The summed E-state index contributed by atoms with van der Waals surface area (Å²) in [4.78, 5) is 35.2. The lowest BCUT2D eigenvalue weighted by molar-refractivity contribution is -0.138. The van der Waals surface area contributed by atoms with E-state index in [1.165, 1.54) is 4.90 Å². The van der Waals surface area contributed by atoms with E-state index in [-0.39, 0.29) is 30.7 Å². The van der Waals surface area contributed by atoms with Gasteiger partial charge in [-0.15, -0.1) is 0 Å². The van der Waals surface area contributed by atoms with Gasteiger partial charge in [-0.05, 0) is 18.3 Å². The highest BCUT2D eigenvalue weighted by atomic mass is 16.4. The largest absolute Gasteiger partial charge is 0.481 e. The van der Waals surface area contributed by atoms with Crippen LogP contribution in [0.25, 0.3) is 0 Å². The Hall–Kier alpha value is -1.79. The average molecular weight is 301 g/mol. The summed E-state index contributed by atoms with van der Waals surface area (Å²) >= 11 is 0. The predicted octanol–water partition coefficient (Wildman–Crippen LogP) is 0.901. The zero-order valence-electron chi connectivity index (χ0n) is 13.3. The smallest absolute Gasteiger partial charge is 0.317 e. The Bertz CT molecular complexity index is 358. The van der Waals surface area contributed by atoms with Crippen molar-refractivity contribution >= 4 is 17.9 Å². The summed E-state index contributed by atoms with van der Waals surface area (Å²) in [6.07, 6.45) is 1.03. The number of carboxylic acids is 1. The molecule has 0 aromatic heterocycles. The van der Waals surface area contributed by atoms with Crippen LogP contribution in [0.2, 0.25) is 0 Å². The Morgan fingerprint density at radius 1 is 1.24 bits per heavy atom. The number of nitrogens with zero attached hydrogens (tertiary/aromatic N) is 1. The van der Waals surface area contributed by atoms with Crippen LogP contribution in [0.4, 0.5) is 4.79 Å². The molecule has 0 spiro atoms. The fraction of sp³-hybridized carbons (Fsp3) is 0.786. The van der Waals surface area contributed by atoms with Gasteiger partial charge in [0.1, 0.15) is 0 Å². The van der Waals surface area contributed by atoms with Crippen molar-refractivity contribution in [3.63, 3.8) is 0 Å². The first-order chi connectivity index (χ1) is 9.76. The molecule has 0 saturated carbocycles. The molecular formula is C14H27N3O4. The molecule has 0 rings (SSSR count). The first kappa shape index (κ1) is 19.2. The van der Waals surface area contributed by atoms with E-state index in [2.05, 4.69) is 10.6 Å². The summed E-state index contributed by atoms with van der Waals surface area (Å²) in [6.45, 7) is 4.69. The average Bonchev–Trinajstić information content (AvgIpc) is 2.39. The van der Waals surface area contributed by atoms with E-state index in [1.807, 2.05) is 13.8 Å². The van der Waals surface area contributed by atoms with Gasteiger partial charge in [0.25, 0.3) is 0 Å². The fourth-order valence-corrected chi connectivity index (χ4v) is 2.01. The zero-order chi connectivity index (χ0) is 16.4. The number of carbonyl (C=O) groups is 3. The van der Waals surface area contributed by atoms with Crippen LogP contribution in [0, 0.1) is 11.8 Å². The molecule has 0 bridgehead atoms. The van der Waals surface area contributed by atoms with Crippen molar-refractivity contribution in [3.05, 3.63) is 0 Å². The second kappa shape index (κ2) is 10.0. The van der Waals surface area contributed by atoms with Gasteiger partial charge < -0.3 is 20.6 Å². The standard InChI is InChI=1S/C14H27N3O4/c1-10(2)7-11(8-13(19)20)9-16-14(21)17(4)6-5-12(18)15-3/h10-11H,5-9H2,1-4H3,(H,15,18)(H,16,21)(H,19,20)/t11-/m0/s1. The fourth-order valence-electron chi connectivity index (χ4n) is 2.01. The monoisotopic (exact) mass is 301 g/mol. The molecule has 0 radical (unpaired) electrons. The quantitative estimate of drug-likeness (QED) is 0.589. The minimum Gasteiger partial charge on any atom is -0.481 e. The maximum Gasteiger partial charge on any atom is 0.317 e. The van der Waals surface area contributed by atoms with Crippen LogP contribution in [0.5, 0.6) is 0 Å². The highest BCUT2D eigenvalue weighted by Gasteiger charge is 2.17. The van der Waals surface area contributed by atoms with Gasteiger partial charge in [-0.1, -0.05) is 13.8 Å². The van der Waals surface area contributed by atoms with Crippen LogP contribution < -0.4 is 10.6 Å². The van der Waals surface area contributed by atoms with E-state index >= 15 is 0 Å². The molecule has 7 nitrogen and oxygen atoms in total. The minimum atomic E-state index is -0.858. The Morgan fingerprint density at radius 2 is 1.86 bits per heavy atom. The summed E-state index contributed by atoms with van der Waals surface area (Å²) in [7, 11) is 3.15. The predicted molar refractivity (Wildman–Crippen MR) is 79.9 cm³/mol. The second-order valence-corrected chi connectivity index (χ2v) is 5.62. The molecule has 3 N–H and O–H groups in total. The summed E-state index contributed by atoms with van der Waals surface area (Å²) in [5.41, 5.74) is 0. The van der Waals surface area contributed by atoms with Crippen LogP contribution in [0.15, 0.2) is 0 Å². The molecule has 0 heterocycles. The van der Waals surface area contributed by atoms with Crippen molar-refractivity contribution < 1.29 is 19.5 Å². The van der Waals surface area contributed by atoms with Gasteiger partial charge in [-0.25, -0.2) is 4.79 Å². The van der Waals surface area contributed by atoms with Crippen molar-refractivity contribution in [2.45, 2.75) is 33.1 Å². The van der Waals surface area contributed by atoms with Gasteiger partial charge in [0.2, 0.25) is 5.91 Å². The zero-order valence-corrected chi connectivity index (χ0v) is 13.3. The van der Waals surface area contributed by atoms with Gasteiger partial charge in [0.05, 0.1) is 0 Å². The Labute approximate surface area is 126 Å². The van der Waals surface area contributed by atoms with Gasteiger partial charge in [0.15, 0.2) is 0 Å². The maximum atomic E-state index is 11.9. The lowest BCUT2D eigenvalue weighted by Crippen LogP contribution is -2.41. The summed E-state index contributed by atoms with van der Waals surface area (Å²) in [5.74, 6) is -0.697. The molecular weight excluding hydrogens is 274 g/mol. The van der Waals surface area contributed by atoms with Crippen molar-refractivity contribution in [1.29, 1.82) is 0 Å². The van der Waals surface area contributed by atoms with Crippen LogP contribution in [0.1, 0.15) is 33.1 Å². The summed E-state index contributed by atoms with van der Waals surface area (Å²) in [5, 5.41) is 14.1. The Kier molecular flexibility index (Phi) is 9.16. The molecule has 1 atom stereocenters. The van der Waals surface area contributed by atoms with Gasteiger partial charge in [0, 0.05) is 40.0 Å². The molecule has 122 valence electrons. The van der Waals surface area contributed by atoms with Crippen LogP contribution in [-0.2, 0) is 9.59 Å². The number of carboxylic acid groups (broad SMARTS) is 1. The molecule has 3 amide bonds. The second-order valence-electron chi connectivity index (χ2n) is 5.62. The van der Waals surface area contributed by atoms with Gasteiger partial charge in [-0.2, -0.15) is 0 Å². The van der Waals surface area contributed by atoms with E-state index < -0.39 is 5.97 Å². The third-order valence-electron chi connectivity index (χ3n) is 3.11. The SMILES string of the molecule is CNC(=O)CCN(C)C(=O)NC[C@H](CC(=O)O)CC(C)C. The maximum absolute atomic E-state index is 11.9. The van der Waals surface area contributed by atoms with E-state index in [4.69, 9.17) is 5.11 Å².